The quantitative estimate of drug-likeness (QED) is 0.659. The van der Waals surface area contributed by atoms with Crippen molar-refractivity contribution in [1.82, 2.24) is 0 Å². The Morgan fingerprint density at radius 3 is 2.36 bits per heavy atom. The minimum absolute atomic E-state index is 0.176. The number of carboxylic acids is 1. The first-order valence-electron chi connectivity index (χ1n) is 11.8. The van der Waals surface area contributed by atoms with Crippen molar-refractivity contribution in [2.75, 3.05) is 0 Å². The predicted octanol–water partition coefficient (Wildman–Crippen LogP) is 4.48. The summed E-state index contributed by atoms with van der Waals surface area (Å²) < 4.78 is 0. The SMILES string of the molecule is C[C@H](CCC(=O)O)[C@H]1CC[C@H]2[C@@H]3[C@@H](O)[C@@H](O)[C@@H]4CCCC[C@]4(C)[C@H]3CC[C@]12C. The molecule has 3 N–H and O–H groups in total. The van der Waals surface area contributed by atoms with Crippen LogP contribution in [0.3, 0.4) is 0 Å². The van der Waals surface area contributed by atoms with Crippen molar-refractivity contribution < 1.29 is 20.1 Å². The van der Waals surface area contributed by atoms with Crippen LogP contribution in [0.2, 0.25) is 0 Å². The van der Waals surface area contributed by atoms with Gasteiger partial charge >= 0.3 is 5.97 Å². The second-order valence-electron chi connectivity index (χ2n) is 11.3. The van der Waals surface area contributed by atoms with Gasteiger partial charge in [-0.05, 0) is 91.3 Å². The Morgan fingerprint density at radius 2 is 1.64 bits per heavy atom. The van der Waals surface area contributed by atoms with E-state index in [1.165, 1.54) is 25.7 Å². The molecule has 4 rings (SSSR count). The van der Waals surface area contributed by atoms with E-state index in [2.05, 4.69) is 20.8 Å². The van der Waals surface area contributed by atoms with E-state index in [4.69, 9.17) is 5.11 Å². The highest BCUT2D eigenvalue weighted by Gasteiger charge is 2.64. The zero-order valence-electron chi connectivity index (χ0n) is 17.9. The van der Waals surface area contributed by atoms with Crippen LogP contribution in [0, 0.1) is 46.3 Å². The molecule has 4 heteroatoms. The lowest BCUT2D eigenvalue weighted by Gasteiger charge is -2.63. The van der Waals surface area contributed by atoms with E-state index in [0.717, 1.165) is 32.1 Å². The number of aliphatic hydroxyl groups excluding tert-OH is 2. The molecule has 0 unspecified atom stereocenters. The molecule has 0 aromatic carbocycles. The maximum atomic E-state index is 11.3. The smallest absolute Gasteiger partial charge is 0.303 e. The molecule has 0 spiro atoms. The molecule has 0 aromatic heterocycles. The summed E-state index contributed by atoms with van der Waals surface area (Å²) in [4.78, 5) is 11.1. The second-order valence-corrected chi connectivity index (χ2v) is 11.3. The van der Waals surface area contributed by atoms with E-state index >= 15 is 0 Å². The normalized spacial score (nSPS) is 51.7. The van der Waals surface area contributed by atoms with Crippen LogP contribution >= 0.6 is 0 Å². The summed E-state index contributed by atoms with van der Waals surface area (Å²) in [5.41, 5.74) is 0.355. The highest BCUT2D eigenvalue weighted by atomic mass is 16.4. The van der Waals surface area contributed by atoms with Crippen LogP contribution in [-0.2, 0) is 4.79 Å². The fourth-order valence-electron chi connectivity index (χ4n) is 8.84. The lowest BCUT2D eigenvalue weighted by atomic mass is 9.43. The first kappa shape index (κ1) is 20.7. The summed E-state index contributed by atoms with van der Waals surface area (Å²) in [6, 6.07) is 0. The topological polar surface area (TPSA) is 77.8 Å². The van der Waals surface area contributed by atoms with Crippen molar-refractivity contribution in [3.63, 3.8) is 0 Å². The number of carboxylic acid groups (broad SMARTS) is 1. The number of aliphatic hydroxyl groups is 2. The van der Waals surface area contributed by atoms with E-state index in [0.29, 0.717) is 23.7 Å². The predicted molar refractivity (Wildman–Crippen MR) is 109 cm³/mol. The number of rotatable bonds is 4. The molecule has 0 amide bonds. The summed E-state index contributed by atoms with van der Waals surface area (Å²) in [7, 11) is 0. The molecule has 0 radical (unpaired) electrons. The number of fused-ring (bicyclic) bond motifs is 5. The summed E-state index contributed by atoms with van der Waals surface area (Å²) in [6.07, 6.45) is 9.20. The van der Waals surface area contributed by atoms with Gasteiger partial charge in [0.2, 0.25) is 0 Å². The third kappa shape index (κ3) is 2.96. The van der Waals surface area contributed by atoms with Crippen molar-refractivity contribution in [1.29, 1.82) is 0 Å². The molecule has 0 aliphatic heterocycles. The molecule has 0 saturated heterocycles. The molecule has 4 fully saturated rings. The Labute approximate surface area is 170 Å². The Kier molecular flexibility index (Phi) is 5.36. The largest absolute Gasteiger partial charge is 0.481 e. The van der Waals surface area contributed by atoms with E-state index in [1.54, 1.807) is 0 Å². The Bertz CT molecular complexity index is 605. The third-order valence-electron chi connectivity index (χ3n) is 10.2. The first-order chi connectivity index (χ1) is 13.2. The Hall–Kier alpha value is -0.610. The number of hydrogen-bond acceptors (Lipinski definition) is 3. The highest BCUT2D eigenvalue weighted by Crippen LogP contribution is 2.68. The van der Waals surface area contributed by atoms with Gasteiger partial charge in [-0.1, -0.05) is 33.6 Å². The van der Waals surface area contributed by atoms with Gasteiger partial charge in [0, 0.05) is 6.42 Å². The number of carbonyl (C=O) groups is 1. The van der Waals surface area contributed by atoms with Gasteiger partial charge in [0.05, 0.1) is 12.2 Å². The zero-order chi connectivity index (χ0) is 20.3. The molecular weight excluding hydrogens is 352 g/mol. The molecule has 4 aliphatic rings. The molecular formula is C24H40O4. The van der Waals surface area contributed by atoms with Gasteiger partial charge in [-0.3, -0.25) is 4.79 Å². The average molecular weight is 393 g/mol. The average Bonchev–Trinajstić information content (AvgIpc) is 3.01. The molecule has 4 saturated carbocycles. The fourth-order valence-corrected chi connectivity index (χ4v) is 8.84. The first-order valence-corrected chi connectivity index (χ1v) is 11.8. The Morgan fingerprint density at radius 1 is 0.929 bits per heavy atom. The van der Waals surface area contributed by atoms with Gasteiger partial charge in [0.25, 0.3) is 0 Å². The number of aliphatic carboxylic acids is 1. The van der Waals surface area contributed by atoms with Crippen molar-refractivity contribution in [3.8, 4) is 0 Å². The zero-order valence-corrected chi connectivity index (χ0v) is 17.9. The molecule has 28 heavy (non-hydrogen) atoms. The van der Waals surface area contributed by atoms with E-state index < -0.39 is 18.2 Å². The maximum Gasteiger partial charge on any atom is 0.303 e. The molecule has 4 aliphatic carbocycles. The highest BCUT2D eigenvalue weighted by molar-refractivity contribution is 5.66. The lowest BCUT2D eigenvalue weighted by molar-refractivity contribution is -0.215. The van der Waals surface area contributed by atoms with Crippen molar-refractivity contribution >= 4 is 5.97 Å². The van der Waals surface area contributed by atoms with Gasteiger partial charge in [0.1, 0.15) is 0 Å². The van der Waals surface area contributed by atoms with E-state index in [1.807, 2.05) is 0 Å². The van der Waals surface area contributed by atoms with Crippen molar-refractivity contribution in [3.05, 3.63) is 0 Å². The van der Waals surface area contributed by atoms with Crippen LogP contribution in [0.5, 0.6) is 0 Å². The fraction of sp³-hybridized carbons (Fsp3) is 0.958. The summed E-state index contributed by atoms with van der Waals surface area (Å²) in [5.74, 6) is 1.72. The van der Waals surface area contributed by atoms with E-state index in [9.17, 15) is 15.0 Å². The van der Waals surface area contributed by atoms with Crippen LogP contribution < -0.4 is 0 Å². The standard InChI is InChI=1S/C24H40O4/c1-14(7-10-19(25)26)15-8-9-16-20-17(11-13-24(15,16)3)23(2)12-5-4-6-18(23)21(27)22(20)28/h14-18,20-22,27-28H,4-13H2,1-3H3,(H,25,26)/t14-,15-,16+,17+,18+,20+,21+,22-,23-,24-/m1/s1. The minimum Gasteiger partial charge on any atom is -0.481 e. The van der Waals surface area contributed by atoms with Crippen molar-refractivity contribution in [2.24, 2.45) is 46.3 Å². The lowest BCUT2D eigenvalue weighted by Crippen LogP contribution is -2.63. The van der Waals surface area contributed by atoms with Gasteiger partial charge in [0.15, 0.2) is 0 Å². The van der Waals surface area contributed by atoms with Gasteiger partial charge in [-0.2, -0.15) is 0 Å². The number of hydrogen-bond donors (Lipinski definition) is 3. The molecule has 0 bridgehead atoms. The van der Waals surface area contributed by atoms with Crippen LogP contribution in [0.1, 0.15) is 85.0 Å². The van der Waals surface area contributed by atoms with Gasteiger partial charge in [-0.25, -0.2) is 0 Å². The maximum absolute atomic E-state index is 11.3. The van der Waals surface area contributed by atoms with Crippen molar-refractivity contribution in [2.45, 2.75) is 97.2 Å². The summed E-state index contributed by atoms with van der Waals surface area (Å²) in [6.45, 7) is 7.06. The molecule has 0 aromatic rings. The van der Waals surface area contributed by atoms with Crippen LogP contribution in [0.15, 0.2) is 0 Å². The third-order valence-corrected chi connectivity index (χ3v) is 10.2. The summed E-state index contributed by atoms with van der Waals surface area (Å²) >= 11 is 0. The molecule has 160 valence electrons. The minimum atomic E-state index is -0.697. The molecule has 4 nitrogen and oxygen atoms in total. The second kappa shape index (κ2) is 7.27. The van der Waals surface area contributed by atoms with Gasteiger partial charge in [-0.15, -0.1) is 0 Å². The summed E-state index contributed by atoms with van der Waals surface area (Å²) in [5, 5.41) is 31.4. The van der Waals surface area contributed by atoms with Gasteiger partial charge < -0.3 is 15.3 Å². The van der Waals surface area contributed by atoms with Crippen LogP contribution in [0.4, 0.5) is 0 Å². The molecule has 0 heterocycles. The van der Waals surface area contributed by atoms with E-state index in [-0.39, 0.29) is 29.1 Å². The van der Waals surface area contributed by atoms with Crippen LogP contribution in [-0.4, -0.2) is 33.5 Å². The monoisotopic (exact) mass is 392 g/mol. The van der Waals surface area contributed by atoms with Crippen LogP contribution in [0.25, 0.3) is 0 Å². The molecule has 10 atom stereocenters. The Balaban J connectivity index is 1.59.